The SMILES string of the molecule is CC(C)NC(=O)c1c(N)nsc1NCC(=O)N1CCCC1. The average Bonchev–Trinajstić information content (AvgIpc) is 3.04. The van der Waals surface area contributed by atoms with Crippen molar-refractivity contribution >= 4 is 34.2 Å². The third-order valence-corrected chi connectivity index (χ3v) is 4.04. The highest BCUT2D eigenvalue weighted by molar-refractivity contribution is 7.11. The summed E-state index contributed by atoms with van der Waals surface area (Å²) in [6, 6.07) is 0.0101. The molecule has 1 saturated heterocycles. The Hall–Kier alpha value is -1.83. The summed E-state index contributed by atoms with van der Waals surface area (Å²) in [7, 11) is 0. The molecule has 1 aromatic heterocycles. The van der Waals surface area contributed by atoms with Crippen molar-refractivity contribution in [2.45, 2.75) is 32.7 Å². The van der Waals surface area contributed by atoms with Gasteiger partial charge < -0.3 is 21.3 Å². The molecule has 116 valence electrons. The van der Waals surface area contributed by atoms with Gasteiger partial charge in [0.1, 0.15) is 10.6 Å². The fourth-order valence-corrected chi connectivity index (χ4v) is 2.92. The summed E-state index contributed by atoms with van der Waals surface area (Å²) in [5, 5.41) is 6.31. The Kier molecular flexibility index (Phi) is 5.00. The predicted molar refractivity (Wildman–Crippen MR) is 83.4 cm³/mol. The lowest BCUT2D eigenvalue weighted by Gasteiger charge is -2.16. The van der Waals surface area contributed by atoms with E-state index < -0.39 is 0 Å². The number of aromatic nitrogens is 1. The van der Waals surface area contributed by atoms with E-state index >= 15 is 0 Å². The highest BCUT2D eigenvalue weighted by Crippen LogP contribution is 2.26. The number of nitrogens with one attached hydrogen (secondary N) is 2. The molecule has 0 saturated carbocycles. The fraction of sp³-hybridized carbons (Fsp3) is 0.615. The van der Waals surface area contributed by atoms with Crippen molar-refractivity contribution in [3.05, 3.63) is 5.56 Å². The minimum absolute atomic E-state index is 0.0101. The maximum Gasteiger partial charge on any atom is 0.258 e. The molecule has 0 aromatic carbocycles. The quantitative estimate of drug-likeness (QED) is 0.750. The Balaban J connectivity index is 2.00. The standard InChI is InChI=1S/C13H21N5O2S/c1-8(2)16-12(20)10-11(14)17-21-13(10)15-7-9(19)18-5-3-4-6-18/h8,15H,3-7H2,1-2H3,(H2,14,17)(H,16,20). The van der Waals surface area contributed by atoms with Crippen molar-refractivity contribution in [2.24, 2.45) is 0 Å². The molecule has 1 aromatic rings. The minimum atomic E-state index is -0.271. The third-order valence-electron chi connectivity index (χ3n) is 3.22. The van der Waals surface area contributed by atoms with Gasteiger partial charge in [-0.2, -0.15) is 4.37 Å². The second-order valence-corrected chi connectivity index (χ2v) is 6.11. The summed E-state index contributed by atoms with van der Waals surface area (Å²) in [5.41, 5.74) is 6.07. The number of carbonyl (C=O) groups is 2. The summed E-state index contributed by atoms with van der Waals surface area (Å²) in [4.78, 5) is 25.9. The Labute approximate surface area is 128 Å². The second kappa shape index (κ2) is 6.75. The number of hydrogen-bond donors (Lipinski definition) is 3. The maximum absolute atomic E-state index is 12.1. The molecule has 4 N–H and O–H groups in total. The van der Waals surface area contributed by atoms with Crippen LogP contribution in [0.1, 0.15) is 37.0 Å². The Morgan fingerprint density at radius 3 is 2.67 bits per heavy atom. The van der Waals surface area contributed by atoms with Crippen LogP contribution in [0.5, 0.6) is 0 Å². The zero-order valence-corrected chi connectivity index (χ0v) is 13.1. The Morgan fingerprint density at radius 2 is 2.05 bits per heavy atom. The molecule has 0 unspecified atom stereocenters. The minimum Gasteiger partial charge on any atom is -0.382 e. The zero-order chi connectivity index (χ0) is 15.4. The highest BCUT2D eigenvalue weighted by atomic mass is 32.1. The van der Waals surface area contributed by atoms with Gasteiger partial charge in [0.05, 0.1) is 6.54 Å². The van der Waals surface area contributed by atoms with E-state index in [4.69, 9.17) is 5.73 Å². The topological polar surface area (TPSA) is 100 Å². The van der Waals surface area contributed by atoms with E-state index in [1.165, 1.54) is 0 Å². The predicted octanol–water partition coefficient (Wildman–Crippen LogP) is 0.898. The van der Waals surface area contributed by atoms with Crippen LogP contribution < -0.4 is 16.4 Å². The number of likely N-dealkylation sites (tertiary alicyclic amines) is 1. The number of nitrogens with two attached hydrogens (primary N) is 1. The molecular weight excluding hydrogens is 290 g/mol. The largest absolute Gasteiger partial charge is 0.382 e. The van der Waals surface area contributed by atoms with Gasteiger partial charge in [-0.25, -0.2) is 0 Å². The van der Waals surface area contributed by atoms with Crippen LogP contribution in [0, 0.1) is 0 Å². The van der Waals surface area contributed by atoms with Gasteiger partial charge in [-0.3, -0.25) is 9.59 Å². The highest BCUT2D eigenvalue weighted by Gasteiger charge is 2.22. The molecule has 0 aliphatic carbocycles. The smallest absolute Gasteiger partial charge is 0.258 e. The third kappa shape index (κ3) is 3.84. The molecule has 0 atom stereocenters. The van der Waals surface area contributed by atoms with E-state index in [0.717, 1.165) is 37.5 Å². The van der Waals surface area contributed by atoms with Crippen LogP contribution in [-0.2, 0) is 4.79 Å². The Morgan fingerprint density at radius 1 is 1.38 bits per heavy atom. The van der Waals surface area contributed by atoms with E-state index in [0.29, 0.717) is 10.6 Å². The van der Waals surface area contributed by atoms with Gasteiger partial charge in [-0.1, -0.05) is 0 Å². The molecule has 7 nitrogen and oxygen atoms in total. The van der Waals surface area contributed by atoms with Crippen LogP contribution >= 0.6 is 11.5 Å². The van der Waals surface area contributed by atoms with Crippen LogP contribution in [-0.4, -0.2) is 46.8 Å². The van der Waals surface area contributed by atoms with Gasteiger partial charge in [0.15, 0.2) is 5.82 Å². The lowest BCUT2D eigenvalue weighted by Crippen LogP contribution is -2.34. The number of anilines is 2. The number of nitrogen functional groups attached to an aromatic ring is 1. The maximum atomic E-state index is 12.1. The van der Waals surface area contributed by atoms with Crippen LogP contribution in [0.15, 0.2) is 0 Å². The molecule has 21 heavy (non-hydrogen) atoms. The van der Waals surface area contributed by atoms with Gasteiger partial charge in [0.25, 0.3) is 5.91 Å². The normalized spacial score (nSPS) is 14.5. The van der Waals surface area contributed by atoms with Crippen LogP contribution in [0.3, 0.4) is 0 Å². The van der Waals surface area contributed by atoms with E-state index in [1.54, 1.807) is 0 Å². The molecular formula is C13H21N5O2S. The van der Waals surface area contributed by atoms with Gasteiger partial charge in [0, 0.05) is 19.1 Å². The molecule has 2 rings (SSSR count). The second-order valence-electron chi connectivity index (χ2n) is 5.34. The number of nitrogens with zero attached hydrogens (tertiary/aromatic N) is 2. The summed E-state index contributed by atoms with van der Waals surface area (Å²) < 4.78 is 3.99. The zero-order valence-electron chi connectivity index (χ0n) is 12.3. The first-order valence-corrected chi connectivity index (χ1v) is 7.84. The first kappa shape index (κ1) is 15.6. The van der Waals surface area contributed by atoms with E-state index in [9.17, 15) is 9.59 Å². The van der Waals surface area contributed by atoms with E-state index in [-0.39, 0.29) is 30.2 Å². The van der Waals surface area contributed by atoms with Crippen LogP contribution in [0.2, 0.25) is 0 Å². The first-order chi connectivity index (χ1) is 9.99. The summed E-state index contributed by atoms with van der Waals surface area (Å²) in [6.45, 7) is 5.53. The van der Waals surface area contributed by atoms with Crippen molar-refractivity contribution in [1.82, 2.24) is 14.6 Å². The van der Waals surface area contributed by atoms with Crippen molar-refractivity contribution < 1.29 is 9.59 Å². The molecule has 1 aliphatic rings. The molecule has 1 aliphatic heterocycles. The number of rotatable bonds is 5. The van der Waals surface area contributed by atoms with E-state index in [1.807, 2.05) is 18.7 Å². The first-order valence-electron chi connectivity index (χ1n) is 7.06. The number of carbonyl (C=O) groups excluding carboxylic acids is 2. The molecule has 2 heterocycles. The fourth-order valence-electron chi connectivity index (χ4n) is 2.21. The average molecular weight is 311 g/mol. The van der Waals surface area contributed by atoms with Crippen molar-refractivity contribution in [3.8, 4) is 0 Å². The van der Waals surface area contributed by atoms with Crippen LogP contribution in [0.25, 0.3) is 0 Å². The molecule has 0 spiro atoms. The van der Waals surface area contributed by atoms with Crippen molar-refractivity contribution in [3.63, 3.8) is 0 Å². The van der Waals surface area contributed by atoms with Gasteiger partial charge >= 0.3 is 0 Å². The molecule has 2 amide bonds. The van der Waals surface area contributed by atoms with Crippen LogP contribution in [0.4, 0.5) is 10.8 Å². The molecule has 0 radical (unpaired) electrons. The molecule has 1 fully saturated rings. The van der Waals surface area contributed by atoms with Crippen molar-refractivity contribution in [1.29, 1.82) is 0 Å². The lowest BCUT2D eigenvalue weighted by molar-refractivity contribution is -0.128. The summed E-state index contributed by atoms with van der Waals surface area (Å²) in [5.74, 6) is -0.0451. The summed E-state index contributed by atoms with van der Waals surface area (Å²) in [6.07, 6.45) is 2.11. The number of hydrogen-bond acceptors (Lipinski definition) is 6. The van der Waals surface area contributed by atoms with Gasteiger partial charge in [-0.05, 0) is 38.2 Å². The monoisotopic (exact) mass is 311 g/mol. The van der Waals surface area contributed by atoms with Crippen molar-refractivity contribution in [2.75, 3.05) is 30.7 Å². The molecule has 8 heteroatoms. The van der Waals surface area contributed by atoms with E-state index in [2.05, 4.69) is 15.0 Å². The van der Waals surface area contributed by atoms with Gasteiger partial charge in [0.2, 0.25) is 5.91 Å². The van der Waals surface area contributed by atoms with Gasteiger partial charge in [-0.15, -0.1) is 0 Å². The number of amides is 2. The lowest BCUT2D eigenvalue weighted by atomic mass is 10.2. The Bertz CT molecular complexity index is 523. The summed E-state index contributed by atoms with van der Waals surface area (Å²) >= 11 is 1.10. The molecule has 0 bridgehead atoms.